The minimum Gasteiger partial charge on any atom is -0.303 e. The van der Waals surface area contributed by atoms with E-state index in [9.17, 15) is 14.4 Å². The molecule has 15 heavy (non-hydrogen) atoms. The number of amides is 1. The quantitative estimate of drug-likeness (QED) is 0.267. The molecule has 0 saturated heterocycles. The SMILES string of the molecule is CONC(=O)C(=O)CCCCCCC=O. The van der Waals surface area contributed by atoms with Crippen LogP contribution in [0.4, 0.5) is 0 Å². The highest BCUT2D eigenvalue weighted by Crippen LogP contribution is 2.04. The van der Waals surface area contributed by atoms with Gasteiger partial charge in [0.15, 0.2) is 0 Å². The summed E-state index contributed by atoms with van der Waals surface area (Å²) in [5.74, 6) is -1.17. The second kappa shape index (κ2) is 9.33. The van der Waals surface area contributed by atoms with E-state index in [1.807, 2.05) is 5.48 Å². The van der Waals surface area contributed by atoms with Gasteiger partial charge in [0.1, 0.15) is 6.29 Å². The lowest BCUT2D eigenvalue weighted by Gasteiger charge is -2.00. The molecule has 0 heterocycles. The Labute approximate surface area is 89.1 Å². The van der Waals surface area contributed by atoms with Gasteiger partial charge in [0.05, 0.1) is 7.11 Å². The highest BCUT2D eigenvalue weighted by molar-refractivity contribution is 6.35. The average molecular weight is 215 g/mol. The molecule has 0 unspecified atom stereocenters. The third kappa shape index (κ3) is 7.81. The molecule has 0 saturated carbocycles. The van der Waals surface area contributed by atoms with Crippen LogP contribution >= 0.6 is 0 Å². The van der Waals surface area contributed by atoms with Crippen molar-refractivity contribution in [3.05, 3.63) is 0 Å². The number of ketones is 1. The van der Waals surface area contributed by atoms with E-state index >= 15 is 0 Å². The van der Waals surface area contributed by atoms with Crippen LogP contribution in [-0.4, -0.2) is 25.1 Å². The molecule has 0 rings (SSSR count). The molecule has 5 heteroatoms. The van der Waals surface area contributed by atoms with Crippen LogP contribution in [0.3, 0.4) is 0 Å². The number of hydroxylamine groups is 1. The van der Waals surface area contributed by atoms with Crippen LogP contribution in [0.5, 0.6) is 0 Å². The van der Waals surface area contributed by atoms with Gasteiger partial charge in [0, 0.05) is 12.8 Å². The van der Waals surface area contributed by atoms with E-state index in [0.29, 0.717) is 12.8 Å². The zero-order valence-corrected chi connectivity index (χ0v) is 8.95. The monoisotopic (exact) mass is 215 g/mol. The Morgan fingerprint density at radius 2 is 1.87 bits per heavy atom. The Bertz CT molecular complexity index is 215. The maximum atomic E-state index is 11.1. The summed E-state index contributed by atoms with van der Waals surface area (Å²) in [6.07, 6.45) is 4.99. The fourth-order valence-corrected chi connectivity index (χ4v) is 1.13. The Hall–Kier alpha value is -1.23. The van der Waals surface area contributed by atoms with Crippen LogP contribution in [0.2, 0.25) is 0 Å². The molecule has 0 aliphatic carbocycles. The molecular weight excluding hydrogens is 198 g/mol. The lowest BCUT2D eigenvalue weighted by molar-refractivity contribution is -0.144. The van der Waals surface area contributed by atoms with Gasteiger partial charge in [-0.3, -0.25) is 14.4 Å². The van der Waals surface area contributed by atoms with Gasteiger partial charge in [0.2, 0.25) is 5.78 Å². The lowest BCUT2D eigenvalue weighted by atomic mass is 10.1. The van der Waals surface area contributed by atoms with Crippen LogP contribution in [0.1, 0.15) is 38.5 Å². The predicted octanol–water partition coefficient (Wildman–Crippen LogP) is 0.773. The summed E-state index contributed by atoms with van der Waals surface area (Å²) in [7, 11) is 1.28. The third-order valence-corrected chi connectivity index (χ3v) is 1.92. The van der Waals surface area contributed by atoms with Crippen molar-refractivity contribution in [1.82, 2.24) is 5.48 Å². The molecule has 0 bridgehead atoms. The Kier molecular flexibility index (Phi) is 8.56. The van der Waals surface area contributed by atoms with Gasteiger partial charge >= 0.3 is 5.91 Å². The number of hydrogen-bond acceptors (Lipinski definition) is 4. The largest absolute Gasteiger partial charge is 0.310 e. The number of aldehydes is 1. The first kappa shape index (κ1) is 13.8. The van der Waals surface area contributed by atoms with Crippen LogP contribution in [-0.2, 0) is 19.2 Å². The molecule has 1 N–H and O–H groups in total. The van der Waals surface area contributed by atoms with Gasteiger partial charge < -0.3 is 4.79 Å². The van der Waals surface area contributed by atoms with Gasteiger partial charge in [-0.25, -0.2) is 5.48 Å². The summed E-state index contributed by atoms with van der Waals surface area (Å²) in [5, 5.41) is 0. The summed E-state index contributed by atoms with van der Waals surface area (Å²) in [4.78, 5) is 36.3. The first-order valence-electron chi connectivity index (χ1n) is 5.02. The van der Waals surface area contributed by atoms with Crippen molar-refractivity contribution >= 4 is 18.0 Å². The maximum absolute atomic E-state index is 11.1. The van der Waals surface area contributed by atoms with Gasteiger partial charge in [-0.1, -0.05) is 12.8 Å². The molecular formula is C10H17NO4. The molecule has 0 fully saturated rings. The maximum Gasteiger partial charge on any atom is 0.310 e. The van der Waals surface area contributed by atoms with Crippen molar-refractivity contribution in [3.63, 3.8) is 0 Å². The minimum absolute atomic E-state index is 0.232. The van der Waals surface area contributed by atoms with Crippen molar-refractivity contribution < 1.29 is 19.2 Å². The van der Waals surface area contributed by atoms with Gasteiger partial charge in [-0.05, 0) is 12.8 Å². The van der Waals surface area contributed by atoms with Gasteiger partial charge in [-0.2, -0.15) is 0 Å². The van der Waals surface area contributed by atoms with Crippen molar-refractivity contribution in [2.45, 2.75) is 38.5 Å². The fraction of sp³-hybridized carbons (Fsp3) is 0.700. The topological polar surface area (TPSA) is 72.5 Å². The van der Waals surface area contributed by atoms with Gasteiger partial charge in [0.25, 0.3) is 0 Å². The second-order valence-electron chi connectivity index (χ2n) is 3.18. The van der Waals surface area contributed by atoms with E-state index in [1.165, 1.54) is 7.11 Å². The molecule has 0 spiro atoms. The Morgan fingerprint density at radius 1 is 1.20 bits per heavy atom. The summed E-state index contributed by atoms with van der Waals surface area (Å²) in [5.41, 5.74) is 1.97. The molecule has 0 atom stereocenters. The second-order valence-corrected chi connectivity index (χ2v) is 3.18. The predicted molar refractivity (Wildman–Crippen MR) is 53.9 cm³/mol. The van der Waals surface area contributed by atoms with Gasteiger partial charge in [-0.15, -0.1) is 0 Å². The molecule has 5 nitrogen and oxygen atoms in total. The van der Waals surface area contributed by atoms with E-state index in [0.717, 1.165) is 25.5 Å². The van der Waals surface area contributed by atoms with E-state index < -0.39 is 11.7 Å². The van der Waals surface area contributed by atoms with Crippen LogP contribution in [0.15, 0.2) is 0 Å². The summed E-state index contributed by atoms with van der Waals surface area (Å²) in [6.45, 7) is 0. The Morgan fingerprint density at radius 3 is 2.47 bits per heavy atom. The van der Waals surface area contributed by atoms with Crippen molar-refractivity contribution in [2.24, 2.45) is 0 Å². The van der Waals surface area contributed by atoms with E-state index in [4.69, 9.17) is 0 Å². The molecule has 0 aromatic carbocycles. The summed E-state index contributed by atoms with van der Waals surface area (Å²) in [6, 6.07) is 0. The smallest absolute Gasteiger partial charge is 0.303 e. The molecule has 0 aromatic rings. The third-order valence-electron chi connectivity index (χ3n) is 1.92. The average Bonchev–Trinajstić information content (AvgIpc) is 2.23. The van der Waals surface area contributed by atoms with E-state index in [-0.39, 0.29) is 6.42 Å². The number of rotatable bonds is 9. The lowest BCUT2D eigenvalue weighted by Crippen LogP contribution is -2.29. The van der Waals surface area contributed by atoms with Crippen molar-refractivity contribution in [3.8, 4) is 0 Å². The number of carbonyl (C=O) groups is 3. The fourth-order valence-electron chi connectivity index (χ4n) is 1.13. The number of hydrogen-bond donors (Lipinski definition) is 1. The Balaban J connectivity index is 3.38. The summed E-state index contributed by atoms with van der Waals surface area (Å²) < 4.78 is 0. The summed E-state index contributed by atoms with van der Waals surface area (Å²) >= 11 is 0. The molecule has 0 radical (unpaired) electrons. The molecule has 0 aliphatic rings. The normalized spacial score (nSPS) is 9.67. The first-order valence-corrected chi connectivity index (χ1v) is 5.02. The zero-order chi connectivity index (χ0) is 11.5. The molecule has 0 aromatic heterocycles. The number of unbranched alkanes of at least 4 members (excludes halogenated alkanes) is 4. The van der Waals surface area contributed by atoms with Crippen LogP contribution < -0.4 is 5.48 Å². The zero-order valence-electron chi connectivity index (χ0n) is 8.95. The molecule has 86 valence electrons. The minimum atomic E-state index is -0.703. The van der Waals surface area contributed by atoms with E-state index in [1.54, 1.807) is 0 Å². The molecule has 1 amide bonds. The first-order chi connectivity index (χ1) is 7.22. The van der Waals surface area contributed by atoms with Crippen molar-refractivity contribution in [1.29, 1.82) is 0 Å². The molecule has 0 aliphatic heterocycles. The number of nitrogens with one attached hydrogen (secondary N) is 1. The number of Topliss-reactive ketones (excluding diaryl/α,β-unsaturated/α-hetero) is 1. The standard InChI is InChI=1S/C10H17NO4/c1-15-11-10(14)9(13)7-5-3-2-4-6-8-12/h8H,2-7H2,1H3,(H,11,14). The van der Waals surface area contributed by atoms with Crippen LogP contribution in [0, 0.1) is 0 Å². The van der Waals surface area contributed by atoms with Crippen LogP contribution in [0.25, 0.3) is 0 Å². The highest BCUT2D eigenvalue weighted by Gasteiger charge is 2.11. The number of carbonyl (C=O) groups excluding carboxylic acids is 3. The highest BCUT2D eigenvalue weighted by atomic mass is 16.6. The van der Waals surface area contributed by atoms with E-state index in [2.05, 4.69) is 4.84 Å². The van der Waals surface area contributed by atoms with Crippen molar-refractivity contribution in [2.75, 3.05) is 7.11 Å².